The van der Waals surface area contributed by atoms with Crippen LogP contribution in [0, 0.1) is 0 Å². The van der Waals surface area contributed by atoms with E-state index in [0.717, 1.165) is 40.0 Å². The summed E-state index contributed by atoms with van der Waals surface area (Å²) >= 11 is 3.15. The first-order valence-corrected chi connectivity index (χ1v) is 15.2. The lowest BCUT2D eigenvalue weighted by molar-refractivity contribution is 0.423. The summed E-state index contributed by atoms with van der Waals surface area (Å²) in [6, 6.07) is 16.6. The fraction of sp³-hybridized carbons (Fsp3) is 0.333. The minimum Gasteiger partial charge on any atom is -0.507 e. The van der Waals surface area contributed by atoms with E-state index in [1.54, 1.807) is 11.3 Å². The number of aromatic hydroxyl groups is 1. The molecule has 1 aliphatic carbocycles. The van der Waals surface area contributed by atoms with Gasteiger partial charge in [0, 0.05) is 21.6 Å². The van der Waals surface area contributed by atoms with Gasteiger partial charge in [-0.3, -0.25) is 9.36 Å². The van der Waals surface area contributed by atoms with Gasteiger partial charge in [0.1, 0.15) is 5.75 Å². The van der Waals surface area contributed by atoms with Crippen LogP contribution in [0.5, 0.6) is 5.75 Å². The molecule has 200 valence electrons. The Labute approximate surface area is 237 Å². The first-order valence-electron chi connectivity index (χ1n) is 13.5. The maximum Gasteiger partial charge on any atom is 0.271 e. The number of hydrogen-bond acceptors (Lipinski definition) is 5. The molecule has 1 N–H and O–H groups in total. The number of fused-ring (bicyclic) bond motifs is 3. The standard InChI is InChI=1S/C33H34N2O2S2/c1-32(2,3)23-16-19(17-24(29(23)36)33(4,5)6)18-26-30(37)35-28(25-12-9-15-38-25)22-14-13-20-10-7-8-11-21(20)27(22)34-31(35)39-26/h7-12,15-18,28,36H,13-14H2,1-6H3/b26-18-/t28-/m1/s1. The highest BCUT2D eigenvalue weighted by molar-refractivity contribution is 7.10. The van der Waals surface area contributed by atoms with Crippen LogP contribution in [0.1, 0.15) is 86.7 Å². The maximum absolute atomic E-state index is 14.1. The molecule has 0 radical (unpaired) electrons. The molecular weight excluding hydrogens is 521 g/mol. The van der Waals surface area contributed by atoms with Crippen molar-refractivity contribution in [2.75, 3.05) is 0 Å². The summed E-state index contributed by atoms with van der Waals surface area (Å²) in [5.74, 6) is 0.345. The molecule has 4 aromatic rings. The zero-order valence-electron chi connectivity index (χ0n) is 23.3. The van der Waals surface area contributed by atoms with Crippen molar-refractivity contribution in [2.45, 2.75) is 71.3 Å². The molecular formula is C33H34N2O2S2. The van der Waals surface area contributed by atoms with Crippen LogP contribution in [0.25, 0.3) is 11.8 Å². The molecule has 2 aromatic heterocycles. The SMILES string of the molecule is CC(C)(C)c1cc(/C=c2\sc3n(c2=O)[C@@H](c2cccs2)C2=C(N=3)c3ccccc3CC2)cc(C(C)(C)C)c1O. The predicted octanol–water partition coefficient (Wildman–Crippen LogP) is 6.68. The summed E-state index contributed by atoms with van der Waals surface area (Å²) in [5, 5.41) is 13.3. The third-order valence-electron chi connectivity index (χ3n) is 7.73. The molecule has 6 rings (SSSR count). The molecule has 0 bridgehead atoms. The summed E-state index contributed by atoms with van der Waals surface area (Å²) in [5.41, 5.74) is 6.96. The van der Waals surface area contributed by atoms with Crippen LogP contribution in [0.15, 0.2) is 69.3 Å². The summed E-state index contributed by atoms with van der Waals surface area (Å²) < 4.78 is 2.57. The molecule has 0 saturated heterocycles. The van der Waals surface area contributed by atoms with Crippen molar-refractivity contribution in [1.29, 1.82) is 0 Å². The van der Waals surface area contributed by atoms with Gasteiger partial charge in [0.15, 0.2) is 4.80 Å². The summed E-state index contributed by atoms with van der Waals surface area (Å²) in [6.07, 6.45) is 3.83. The van der Waals surface area contributed by atoms with Gasteiger partial charge in [-0.05, 0) is 70.0 Å². The lowest BCUT2D eigenvalue weighted by atomic mass is 9.78. The lowest BCUT2D eigenvalue weighted by Gasteiger charge is -2.30. The minimum absolute atomic E-state index is 0.00903. The van der Waals surface area contributed by atoms with Crippen molar-refractivity contribution in [2.24, 2.45) is 4.99 Å². The number of benzene rings is 2. The molecule has 0 unspecified atom stereocenters. The van der Waals surface area contributed by atoms with Crippen LogP contribution in [0.4, 0.5) is 0 Å². The molecule has 0 amide bonds. The lowest BCUT2D eigenvalue weighted by Crippen LogP contribution is -2.38. The van der Waals surface area contributed by atoms with Crippen molar-refractivity contribution >= 4 is 34.4 Å². The Morgan fingerprint density at radius 2 is 1.67 bits per heavy atom. The quantitative estimate of drug-likeness (QED) is 0.301. The predicted molar refractivity (Wildman–Crippen MR) is 163 cm³/mol. The van der Waals surface area contributed by atoms with Crippen molar-refractivity contribution in [3.63, 3.8) is 0 Å². The largest absolute Gasteiger partial charge is 0.507 e. The molecule has 2 aliphatic rings. The Bertz CT molecular complexity index is 1770. The van der Waals surface area contributed by atoms with Crippen LogP contribution in [-0.2, 0) is 17.3 Å². The van der Waals surface area contributed by atoms with Crippen molar-refractivity contribution in [3.05, 3.63) is 112 Å². The number of nitrogens with zero attached hydrogens (tertiary/aromatic N) is 2. The Morgan fingerprint density at radius 3 is 2.31 bits per heavy atom. The van der Waals surface area contributed by atoms with Crippen LogP contribution >= 0.6 is 22.7 Å². The molecule has 4 nitrogen and oxygen atoms in total. The molecule has 0 saturated carbocycles. The van der Waals surface area contributed by atoms with Crippen molar-refractivity contribution in [1.82, 2.24) is 4.57 Å². The van der Waals surface area contributed by atoms with Crippen molar-refractivity contribution < 1.29 is 5.11 Å². The topological polar surface area (TPSA) is 54.6 Å². The van der Waals surface area contributed by atoms with Gasteiger partial charge >= 0.3 is 0 Å². The minimum atomic E-state index is -0.242. The number of allylic oxidation sites excluding steroid dienone is 1. The number of thiophene rings is 1. The second kappa shape index (κ2) is 9.17. The van der Waals surface area contributed by atoms with E-state index in [9.17, 15) is 9.90 Å². The fourth-order valence-electron chi connectivity index (χ4n) is 5.75. The van der Waals surface area contributed by atoms with E-state index in [0.29, 0.717) is 10.3 Å². The van der Waals surface area contributed by atoms with E-state index in [-0.39, 0.29) is 22.4 Å². The number of phenolic OH excluding ortho intramolecular Hbond substituents is 1. The van der Waals surface area contributed by atoms with Crippen LogP contribution in [-0.4, -0.2) is 9.67 Å². The Balaban J connectivity index is 1.60. The fourth-order valence-corrected chi connectivity index (χ4v) is 7.60. The number of phenols is 1. The molecule has 6 heteroatoms. The van der Waals surface area contributed by atoms with E-state index in [1.807, 2.05) is 22.8 Å². The zero-order chi connectivity index (χ0) is 27.7. The summed E-state index contributed by atoms with van der Waals surface area (Å²) in [7, 11) is 0. The number of aromatic nitrogens is 1. The van der Waals surface area contributed by atoms with Gasteiger partial charge in [-0.25, -0.2) is 4.99 Å². The number of rotatable bonds is 2. The van der Waals surface area contributed by atoms with Gasteiger partial charge < -0.3 is 5.11 Å². The smallest absolute Gasteiger partial charge is 0.271 e. The second-order valence-electron chi connectivity index (χ2n) is 12.6. The highest BCUT2D eigenvalue weighted by Gasteiger charge is 2.33. The van der Waals surface area contributed by atoms with Gasteiger partial charge in [-0.1, -0.05) is 83.2 Å². The molecule has 2 aromatic carbocycles. The summed E-state index contributed by atoms with van der Waals surface area (Å²) in [6.45, 7) is 12.6. The molecule has 3 heterocycles. The maximum atomic E-state index is 14.1. The molecule has 1 aliphatic heterocycles. The average Bonchev–Trinajstić information content (AvgIpc) is 3.51. The van der Waals surface area contributed by atoms with E-state index >= 15 is 0 Å². The highest BCUT2D eigenvalue weighted by Crippen LogP contribution is 2.43. The van der Waals surface area contributed by atoms with Gasteiger partial charge in [0.25, 0.3) is 5.56 Å². The molecule has 0 fully saturated rings. The third kappa shape index (κ3) is 4.44. The van der Waals surface area contributed by atoms with E-state index in [2.05, 4.69) is 83.3 Å². The van der Waals surface area contributed by atoms with Crippen LogP contribution in [0.3, 0.4) is 0 Å². The Morgan fingerprint density at radius 1 is 0.974 bits per heavy atom. The first kappa shape index (κ1) is 26.0. The number of hydrogen-bond donors (Lipinski definition) is 1. The van der Waals surface area contributed by atoms with Gasteiger partial charge in [-0.15, -0.1) is 11.3 Å². The Kier molecular flexibility index (Phi) is 6.12. The van der Waals surface area contributed by atoms with Crippen LogP contribution in [0.2, 0.25) is 0 Å². The van der Waals surface area contributed by atoms with Gasteiger partial charge in [-0.2, -0.15) is 0 Å². The zero-order valence-corrected chi connectivity index (χ0v) is 25.0. The normalized spacial score (nSPS) is 17.5. The van der Waals surface area contributed by atoms with Crippen molar-refractivity contribution in [3.8, 4) is 5.75 Å². The number of thiazole rings is 1. The molecule has 39 heavy (non-hydrogen) atoms. The first-order chi connectivity index (χ1) is 18.4. The summed E-state index contributed by atoms with van der Waals surface area (Å²) in [4.78, 5) is 21.1. The monoisotopic (exact) mass is 554 g/mol. The third-order valence-corrected chi connectivity index (χ3v) is 9.64. The van der Waals surface area contributed by atoms with E-state index in [4.69, 9.17) is 4.99 Å². The van der Waals surface area contributed by atoms with Gasteiger partial charge in [0.2, 0.25) is 0 Å². The van der Waals surface area contributed by atoms with E-state index in [1.165, 1.54) is 32.9 Å². The van der Waals surface area contributed by atoms with Crippen LogP contribution < -0.4 is 14.9 Å². The Hall–Kier alpha value is -3.22. The number of aryl methyl sites for hydroxylation is 1. The second-order valence-corrected chi connectivity index (χ2v) is 14.6. The highest BCUT2D eigenvalue weighted by atomic mass is 32.1. The van der Waals surface area contributed by atoms with E-state index < -0.39 is 0 Å². The molecule has 1 atom stereocenters. The van der Waals surface area contributed by atoms with Gasteiger partial charge in [0.05, 0.1) is 16.3 Å². The molecule has 0 spiro atoms. The average molecular weight is 555 g/mol.